The van der Waals surface area contributed by atoms with E-state index in [1.165, 1.54) is 199 Å². The fourth-order valence-electron chi connectivity index (χ4n) is 9.65. The second-order valence-corrected chi connectivity index (χ2v) is 25.0. The molecule has 0 saturated carbocycles. The summed E-state index contributed by atoms with van der Waals surface area (Å²) < 4.78 is 30.3. The van der Waals surface area contributed by atoms with Gasteiger partial charge in [-0.2, -0.15) is 0 Å². The number of hydrogen-bond acceptors (Lipinski definition) is 7. The molecule has 0 aliphatic rings. The maximum Gasteiger partial charge on any atom is 0.306 e. The Bertz CT molecular complexity index is 1460. The fraction of sp³-hybridized carbons (Fsp3) is 0.851. The molecule has 0 aromatic rings. The minimum absolute atomic E-state index is 0.0234. The van der Waals surface area contributed by atoms with Gasteiger partial charge in [0.25, 0.3) is 7.82 Å². The van der Waals surface area contributed by atoms with Gasteiger partial charge in [0.1, 0.15) is 19.3 Å². The molecule has 0 fully saturated rings. The molecule has 3 unspecified atom stereocenters. The van der Waals surface area contributed by atoms with Crippen molar-refractivity contribution in [2.75, 3.05) is 40.9 Å². The van der Waals surface area contributed by atoms with E-state index in [9.17, 15) is 19.0 Å². The van der Waals surface area contributed by atoms with Gasteiger partial charge in [0.2, 0.25) is 5.91 Å². The van der Waals surface area contributed by atoms with Gasteiger partial charge in [0.05, 0.1) is 33.8 Å². The Balaban J connectivity index is 5.14. The second kappa shape index (κ2) is 57.2. The molecule has 0 aromatic carbocycles. The summed E-state index contributed by atoms with van der Waals surface area (Å²) in [5.74, 6) is -0.543. The molecule has 9 nitrogen and oxygen atoms in total. The number of unbranched alkanes of at least 4 members (excludes halogenated alkanes) is 38. The van der Waals surface area contributed by atoms with Gasteiger partial charge in [-0.1, -0.05) is 282 Å². The van der Waals surface area contributed by atoms with Crippen LogP contribution in [0.5, 0.6) is 0 Å². The lowest BCUT2D eigenvalue weighted by Gasteiger charge is -2.30. The predicted octanol–water partition coefficient (Wildman–Crippen LogP) is 19.8. The van der Waals surface area contributed by atoms with Crippen molar-refractivity contribution in [3.63, 3.8) is 0 Å². The monoisotopic (exact) mass is 1100 g/mol. The Morgan fingerprint density at radius 1 is 0.455 bits per heavy atom. The minimum Gasteiger partial charge on any atom is -0.756 e. The van der Waals surface area contributed by atoms with Gasteiger partial charge < -0.3 is 28.5 Å². The summed E-state index contributed by atoms with van der Waals surface area (Å²) in [6.45, 7) is 6.84. The number of hydrogen-bond donors (Lipinski definition) is 1. The summed E-state index contributed by atoms with van der Waals surface area (Å²) in [5.41, 5.74) is 0. The van der Waals surface area contributed by atoms with E-state index in [2.05, 4.69) is 62.5 Å². The summed E-state index contributed by atoms with van der Waals surface area (Å²) in [5, 5.41) is 3.03. The van der Waals surface area contributed by atoms with Crippen molar-refractivity contribution < 1.29 is 37.3 Å². The molecule has 0 saturated heterocycles. The number of phosphoric acid groups is 1. The number of quaternary nitrogens is 1. The van der Waals surface area contributed by atoms with Crippen LogP contribution in [-0.4, -0.2) is 69.4 Å². The van der Waals surface area contributed by atoms with Gasteiger partial charge >= 0.3 is 5.97 Å². The van der Waals surface area contributed by atoms with Crippen molar-refractivity contribution in [1.29, 1.82) is 0 Å². The van der Waals surface area contributed by atoms with Crippen LogP contribution in [0.25, 0.3) is 0 Å². The Morgan fingerprint density at radius 3 is 1.21 bits per heavy atom. The largest absolute Gasteiger partial charge is 0.756 e. The molecule has 3 atom stereocenters. The highest BCUT2D eigenvalue weighted by molar-refractivity contribution is 7.45. The zero-order valence-electron chi connectivity index (χ0n) is 51.7. The van der Waals surface area contributed by atoms with Crippen LogP contribution < -0.4 is 10.2 Å². The lowest BCUT2D eigenvalue weighted by molar-refractivity contribution is -0.870. The number of esters is 1. The highest BCUT2D eigenvalue weighted by atomic mass is 31.2. The van der Waals surface area contributed by atoms with Gasteiger partial charge in [-0.15, -0.1) is 0 Å². The highest BCUT2D eigenvalue weighted by Crippen LogP contribution is 2.38. The average molecular weight is 1100 g/mol. The number of likely N-dealkylation sites (N-methyl/N-ethyl adjacent to an activating group) is 1. The molecule has 0 aliphatic carbocycles. The molecule has 452 valence electrons. The first-order valence-corrected chi connectivity index (χ1v) is 34.4. The van der Waals surface area contributed by atoms with E-state index in [4.69, 9.17) is 13.8 Å². The average Bonchev–Trinajstić information content (AvgIpc) is 3.39. The highest BCUT2D eigenvalue weighted by Gasteiger charge is 2.27. The number of rotatable bonds is 60. The zero-order chi connectivity index (χ0) is 56.4. The lowest BCUT2D eigenvalue weighted by Crippen LogP contribution is -2.47. The molecule has 10 heteroatoms. The minimum atomic E-state index is -4.70. The third-order valence-electron chi connectivity index (χ3n) is 14.8. The first-order valence-electron chi connectivity index (χ1n) is 32.9. The van der Waals surface area contributed by atoms with E-state index in [0.717, 1.165) is 83.5 Å². The quantitative estimate of drug-likeness (QED) is 0.0212. The van der Waals surface area contributed by atoms with Crippen molar-refractivity contribution in [1.82, 2.24) is 5.32 Å². The molecule has 0 aromatic heterocycles. The summed E-state index contributed by atoms with van der Waals surface area (Å²) >= 11 is 0. The number of phosphoric ester groups is 1. The van der Waals surface area contributed by atoms with Crippen molar-refractivity contribution in [3.8, 4) is 0 Å². The van der Waals surface area contributed by atoms with E-state index >= 15 is 0 Å². The Labute approximate surface area is 478 Å². The molecule has 77 heavy (non-hydrogen) atoms. The number of carbonyl (C=O) groups is 2. The van der Waals surface area contributed by atoms with E-state index in [1.807, 2.05) is 33.3 Å². The molecule has 1 amide bonds. The summed E-state index contributed by atoms with van der Waals surface area (Å²) in [4.78, 5) is 40.0. The van der Waals surface area contributed by atoms with Gasteiger partial charge in [-0.3, -0.25) is 14.2 Å². The third-order valence-corrected chi connectivity index (χ3v) is 15.7. The van der Waals surface area contributed by atoms with Crippen LogP contribution in [-0.2, 0) is 27.9 Å². The van der Waals surface area contributed by atoms with E-state index in [0.29, 0.717) is 17.4 Å². The zero-order valence-corrected chi connectivity index (χ0v) is 52.6. The van der Waals surface area contributed by atoms with Crippen molar-refractivity contribution in [2.24, 2.45) is 0 Å². The van der Waals surface area contributed by atoms with Crippen molar-refractivity contribution in [3.05, 3.63) is 48.6 Å². The summed E-state index contributed by atoms with van der Waals surface area (Å²) in [7, 11) is 1.19. The molecule has 1 N–H and O–H groups in total. The second-order valence-electron chi connectivity index (χ2n) is 23.6. The number of carbonyl (C=O) groups excluding carboxylic acids is 2. The third kappa shape index (κ3) is 58.4. The normalized spacial score (nSPS) is 13.9. The Kier molecular flexibility index (Phi) is 55.7. The first-order chi connectivity index (χ1) is 37.4. The summed E-state index contributed by atoms with van der Waals surface area (Å²) in [6, 6.07) is -0.891. The van der Waals surface area contributed by atoms with E-state index in [-0.39, 0.29) is 31.5 Å². The van der Waals surface area contributed by atoms with Crippen molar-refractivity contribution in [2.45, 2.75) is 328 Å². The fourth-order valence-corrected chi connectivity index (χ4v) is 10.4. The topological polar surface area (TPSA) is 114 Å². The number of nitrogens with one attached hydrogen (secondary N) is 1. The van der Waals surface area contributed by atoms with Crippen LogP contribution in [0.1, 0.15) is 316 Å². The van der Waals surface area contributed by atoms with E-state index < -0.39 is 20.0 Å². The molecular formula is C67H127N2O7P. The van der Waals surface area contributed by atoms with Gasteiger partial charge in [-0.25, -0.2) is 0 Å². The van der Waals surface area contributed by atoms with Crippen LogP contribution in [0, 0.1) is 0 Å². The van der Waals surface area contributed by atoms with Crippen LogP contribution in [0.3, 0.4) is 0 Å². The van der Waals surface area contributed by atoms with Gasteiger partial charge in [0.15, 0.2) is 0 Å². The smallest absolute Gasteiger partial charge is 0.306 e. The number of nitrogens with zero attached hydrogens (tertiary/aromatic N) is 1. The molecule has 0 spiro atoms. The number of allylic oxidation sites excluding steroid dienone is 7. The van der Waals surface area contributed by atoms with Crippen LogP contribution >= 0.6 is 7.82 Å². The van der Waals surface area contributed by atoms with Gasteiger partial charge in [0, 0.05) is 12.8 Å². The van der Waals surface area contributed by atoms with Crippen molar-refractivity contribution >= 4 is 19.7 Å². The number of amides is 1. The van der Waals surface area contributed by atoms with E-state index in [1.54, 1.807) is 0 Å². The molecule has 0 bridgehead atoms. The summed E-state index contributed by atoms with van der Waals surface area (Å²) in [6.07, 6.45) is 70.8. The molecular weight excluding hydrogens is 976 g/mol. The lowest BCUT2D eigenvalue weighted by atomic mass is 10.0. The first kappa shape index (κ1) is 75.0. The molecule has 0 rings (SSSR count). The predicted molar refractivity (Wildman–Crippen MR) is 330 cm³/mol. The maximum atomic E-state index is 13.6. The Hall–Kier alpha value is -2.03. The molecule has 0 radical (unpaired) electrons. The molecule has 0 heterocycles. The number of ether oxygens (including phenoxy) is 1. The van der Waals surface area contributed by atoms with Gasteiger partial charge in [-0.05, 0) is 70.3 Å². The Morgan fingerprint density at radius 2 is 0.792 bits per heavy atom. The van der Waals surface area contributed by atoms with Crippen LogP contribution in [0.2, 0.25) is 0 Å². The SMILES string of the molecule is CCCCC/C=C\C/C=C\C/C=C\CCCCCCCCC(=O)OC(/C=C/CCCCCCCCCCC)C(COP(=O)([O-])OCC[N+](C)(C)C)NC(=O)CCCCCCCCCCCCCCCCCCCCCCC. The maximum absolute atomic E-state index is 13.6. The van der Waals surface area contributed by atoms with Crippen LogP contribution in [0.4, 0.5) is 0 Å². The van der Waals surface area contributed by atoms with Crippen LogP contribution in [0.15, 0.2) is 48.6 Å². The standard InChI is InChI=1S/C67H127N2O7P/c1-7-10-13-16-19-22-25-27-29-31-33-34-36-37-39-41-44-47-50-53-56-59-66(70)68-64(63-75-77(72,73)74-62-61-69(4,5)6)65(58-55-52-49-46-43-24-21-18-15-12-9-3)76-67(71)60-57-54-51-48-45-42-40-38-35-32-30-28-26-23-20-17-14-11-8-2/h20,23,28,30,35,38,55,58,64-65H,7-19,21-22,24-27,29,31-34,36-37,39-54,56-57,59-63H2,1-6H3,(H-,68,70,72,73)/b23-20-,30-28-,38-35-,58-55+. The molecule has 0 aliphatic heterocycles.